The number of nitrogens with one attached hydrogen (secondary N) is 1. The summed E-state index contributed by atoms with van der Waals surface area (Å²) in [4.78, 5) is 0.607. The molecule has 3 unspecified atom stereocenters. The van der Waals surface area contributed by atoms with Gasteiger partial charge in [-0.2, -0.15) is 0 Å². The molecule has 1 aliphatic rings. The van der Waals surface area contributed by atoms with Gasteiger partial charge in [0.05, 0.1) is 0 Å². The van der Waals surface area contributed by atoms with Gasteiger partial charge in [0.25, 0.3) is 0 Å². The third-order valence-corrected chi connectivity index (χ3v) is 5.02. The zero-order valence-corrected chi connectivity index (χ0v) is 11.8. The number of thioether (sulfide) groups is 1. The average Bonchev–Trinajstić information content (AvgIpc) is 2.31. The van der Waals surface area contributed by atoms with Crippen LogP contribution in [0.15, 0.2) is 17.0 Å². The smallest absolute Gasteiger partial charge is 0.140 e. The Kier molecular flexibility index (Phi) is 4.28. The van der Waals surface area contributed by atoms with Crippen LogP contribution in [0.5, 0.6) is 0 Å². The number of hydrogen-bond acceptors (Lipinski definition) is 2. The fourth-order valence-corrected chi connectivity index (χ4v) is 3.62. The van der Waals surface area contributed by atoms with Crippen LogP contribution in [-0.2, 0) is 0 Å². The van der Waals surface area contributed by atoms with E-state index in [0.717, 1.165) is 24.6 Å². The molecule has 0 aromatic heterocycles. The lowest BCUT2D eigenvalue weighted by molar-refractivity contribution is 0.366. The molecule has 0 spiro atoms. The van der Waals surface area contributed by atoms with Gasteiger partial charge in [-0.15, -0.1) is 11.8 Å². The first-order chi connectivity index (χ1) is 8.54. The molecule has 0 radical (unpaired) electrons. The molecule has 100 valence electrons. The van der Waals surface area contributed by atoms with Gasteiger partial charge in [-0.05, 0) is 30.5 Å². The van der Waals surface area contributed by atoms with Crippen molar-refractivity contribution in [2.45, 2.75) is 43.4 Å². The van der Waals surface area contributed by atoms with Gasteiger partial charge >= 0.3 is 0 Å². The van der Waals surface area contributed by atoms with Gasteiger partial charge in [0.15, 0.2) is 0 Å². The Hall–Kier alpha value is -0.610. The second-order valence-corrected chi connectivity index (χ2v) is 6.31. The predicted octanol–water partition coefficient (Wildman–Crippen LogP) is 4.14. The van der Waals surface area contributed by atoms with Gasteiger partial charge in [0.2, 0.25) is 0 Å². The van der Waals surface area contributed by atoms with Crippen LogP contribution >= 0.6 is 11.8 Å². The highest BCUT2D eigenvalue weighted by molar-refractivity contribution is 8.00. The third-order valence-electron chi connectivity index (χ3n) is 3.56. The van der Waals surface area contributed by atoms with Crippen LogP contribution in [-0.4, -0.2) is 11.8 Å². The maximum absolute atomic E-state index is 13.8. The zero-order valence-electron chi connectivity index (χ0n) is 11.0. The molecule has 1 aliphatic heterocycles. The lowest BCUT2D eigenvalue weighted by atomic mass is 9.91. The van der Waals surface area contributed by atoms with Crippen molar-refractivity contribution in [1.29, 1.82) is 0 Å². The average molecular weight is 271 g/mol. The normalized spacial score (nSPS) is 27.1. The number of rotatable bonds is 3. The number of halogens is 2. The summed E-state index contributed by atoms with van der Waals surface area (Å²) in [6.07, 6.45) is 1.01. The maximum atomic E-state index is 13.8. The standard InChI is InChI=1S/C14H19F2NS/c1-4-5-17-13-8(2)9(3)18-14-11(13)6-10(15)7-12(14)16/h6-9,13,17H,4-5H2,1-3H3. The third kappa shape index (κ3) is 2.54. The number of hydrogen-bond donors (Lipinski definition) is 1. The van der Waals surface area contributed by atoms with E-state index in [9.17, 15) is 8.78 Å². The van der Waals surface area contributed by atoms with Gasteiger partial charge in [0, 0.05) is 22.3 Å². The molecular weight excluding hydrogens is 252 g/mol. The molecule has 1 N–H and O–H groups in total. The largest absolute Gasteiger partial charge is 0.310 e. The molecule has 18 heavy (non-hydrogen) atoms. The molecule has 0 saturated heterocycles. The summed E-state index contributed by atoms with van der Waals surface area (Å²) in [5.41, 5.74) is 0.775. The van der Waals surface area contributed by atoms with Gasteiger partial charge < -0.3 is 5.32 Å². The minimum absolute atomic E-state index is 0.0430. The van der Waals surface area contributed by atoms with Crippen molar-refractivity contribution in [3.05, 3.63) is 29.3 Å². The lowest BCUT2D eigenvalue weighted by Gasteiger charge is -2.36. The minimum atomic E-state index is -0.489. The highest BCUT2D eigenvalue weighted by Crippen LogP contribution is 2.45. The molecule has 1 aromatic carbocycles. The van der Waals surface area contributed by atoms with Gasteiger partial charge in [-0.3, -0.25) is 0 Å². The molecule has 2 rings (SSSR count). The second kappa shape index (κ2) is 5.57. The van der Waals surface area contributed by atoms with Crippen LogP contribution in [0.25, 0.3) is 0 Å². The van der Waals surface area contributed by atoms with E-state index in [-0.39, 0.29) is 6.04 Å². The minimum Gasteiger partial charge on any atom is -0.310 e. The van der Waals surface area contributed by atoms with Crippen LogP contribution in [0.4, 0.5) is 8.78 Å². The first-order valence-corrected chi connectivity index (χ1v) is 7.31. The number of benzene rings is 1. The van der Waals surface area contributed by atoms with Crippen LogP contribution in [0.2, 0.25) is 0 Å². The summed E-state index contributed by atoms with van der Waals surface area (Å²) in [6.45, 7) is 7.19. The number of fused-ring (bicyclic) bond motifs is 1. The van der Waals surface area contributed by atoms with E-state index < -0.39 is 11.6 Å². The Bertz CT molecular complexity index is 436. The van der Waals surface area contributed by atoms with Crippen LogP contribution in [0, 0.1) is 17.6 Å². The predicted molar refractivity (Wildman–Crippen MR) is 71.9 cm³/mol. The Morgan fingerprint density at radius 1 is 1.28 bits per heavy atom. The van der Waals surface area contributed by atoms with E-state index in [4.69, 9.17) is 0 Å². The van der Waals surface area contributed by atoms with Gasteiger partial charge in [-0.1, -0.05) is 20.8 Å². The molecule has 3 atom stereocenters. The van der Waals surface area contributed by atoms with Crippen molar-refractivity contribution < 1.29 is 8.78 Å². The molecule has 0 fully saturated rings. The van der Waals surface area contributed by atoms with Crippen LogP contribution < -0.4 is 5.32 Å². The highest BCUT2D eigenvalue weighted by atomic mass is 32.2. The zero-order chi connectivity index (χ0) is 13.3. The van der Waals surface area contributed by atoms with Crippen molar-refractivity contribution in [2.75, 3.05) is 6.54 Å². The van der Waals surface area contributed by atoms with Crippen molar-refractivity contribution >= 4 is 11.8 Å². The van der Waals surface area contributed by atoms with Crippen molar-refractivity contribution in [2.24, 2.45) is 5.92 Å². The molecule has 0 amide bonds. The molecule has 4 heteroatoms. The topological polar surface area (TPSA) is 12.0 Å². The Morgan fingerprint density at radius 2 is 2.00 bits per heavy atom. The molecule has 0 aliphatic carbocycles. The first kappa shape index (κ1) is 13.8. The van der Waals surface area contributed by atoms with E-state index in [0.29, 0.717) is 16.1 Å². The summed E-state index contributed by atoms with van der Waals surface area (Å²) < 4.78 is 27.2. The monoisotopic (exact) mass is 271 g/mol. The Balaban J connectivity index is 2.41. The van der Waals surface area contributed by atoms with Crippen molar-refractivity contribution in [1.82, 2.24) is 5.32 Å². The lowest BCUT2D eigenvalue weighted by Crippen LogP contribution is -2.35. The van der Waals surface area contributed by atoms with Crippen molar-refractivity contribution in [3.8, 4) is 0 Å². The fourth-order valence-electron chi connectivity index (χ4n) is 2.38. The quantitative estimate of drug-likeness (QED) is 0.887. The van der Waals surface area contributed by atoms with E-state index in [2.05, 4.69) is 26.1 Å². The summed E-state index contributed by atoms with van der Waals surface area (Å²) in [5, 5.41) is 3.74. The SMILES string of the molecule is CCCNC1c2cc(F)cc(F)c2SC(C)C1C. The summed E-state index contributed by atoms with van der Waals surface area (Å²) in [5.74, 6) is -0.566. The van der Waals surface area contributed by atoms with Crippen molar-refractivity contribution in [3.63, 3.8) is 0 Å². The summed E-state index contributed by atoms with van der Waals surface area (Å²) in [7, 11) is 0. The summed E-state index contributed by atoms with van der Waals surface area (Å²) in [6, 6.07) is 2.49. The van der Waals surface area contributed by atoms with Crippen LogP contribution in [0.1, 0.15) is 38.8 Å². The van der Waals surface area contributed by atoms with E-state index in [1.165, 1.54) is 17.8 Å². The van der Waals surface area contributed by atoms with E-state index in [1.807, 2.05) is 0 Å². The van der Waals surface area contributed by atoms with E-state index in [1.54, 1.807) is 0 Å². The first-order valence-electron chi connectivity index (χ1n) is 6.43. The fraction of sp³-hybridized carbons (Fsp3) is 0.571. The second-order valence-electron chi connectivity index (χ2n) is 4.92. The molecule has 1 nitrogen and oxygen atoms in total. The van der Waals surface area contributed by atoms with Gasteiger partial charge in [-0.25, -0.2) is 8.78 Å². The highest BCUT2D eigenvalue weighted by Gasteiger charge is 2.33. The molecule has 1 aromatic rings. The molecule has 1 heterocycles. The van der Waals surface area contributed by atoms with Crippen LogP contribution in [0.3, 0.4) is 0 Å². The molecule has 0 bridgehead atoms. The Morgan fingerprint density at radius 3 is 2.67 bits per heavy atom. The molecular formula is C14H19F2NS. The molecule has 0 saturated carbocycles. The van der Waals surface area contributed by atoms with E-state index >= 15 is 0 Å². The Labute approximate surface area is 111 Å². The maximum Gasteiger partial charge on any atom is 0.140 e. The summed E-state index contributed by atoms with van der Waals surface area (Å²) >= 11 is 1.51. The van der Waals surface area contributed by atoms with Gasteiger partial charge in [0.1, 0.15) is 11.6 Å².